The molecule has 1 aliphatic heterocycles. The van der Waals surface area contributed by atoms with Crippen LogP contribution in [0.15, 0.2) is 42.5 Å². The number of carbonyl (C=O) groups excluding carboxylic acids is 1. The van der Waals surface area contributed by atoms with E-state index in [0.29, 0.717) is 51.1 Å². The molecule has 0 radical (unpaired) electrons. The van der Waals surface area contributed by atoms with Gasteiger partial charge in [0.1, 0.15) is 40.4 Å². The van der Waals surface area contributed by atoms with E-state index in [2.05, 4.69) is 23.3 Å². The third-order valence-electron chi connectivity index (χ3n) is 5.67. The molecule has 9 heteroatoms. The predicted octanol–water partition coefficient (Wildman–Crippen LogP) is 4.59. The van der Waals surface area contributed by atoms with Gasteiger partial charge in [0.15, 0.2) is 11.5 Å². The molecular weight excluding hydrogens is 450 g/mol. The fourth-order valence-electron chi connectivity index (χ4n) is 3.96. The minimum Gasteiger partial charge on any atom is -0.486 e. The van der Waals surface area contributed by atoms with E-state index >= 15 is 0 Å². The average molecular weight is 472 g/mol. The summed E-state index contributed by atoms with van der Waals surface area (Å²) in [5.74, 6) is 0.915. The fourth-order valence-corrected chi connectivity index (χ4v) is 4.96. The second-order valence-electron chi connectivity index (χ2n) is 7.75. The Morgan fingerprint density at radius 1 is 1.15 bits per heavy atom. The van der Waals surface area contributed by atoms with Gasteiger partial charge in [-0.2, -0.15) is 5.26 Å². The highest BCUT2D eigenvalue weighted by Gasteiger charge is 2.24. The van der Waals surface area contributed by atoms with Crippen molar-refractivity contribution in [1.29, 1.82) is 5.26 Å². The van der Waals surface area contributed by atoms with Crippen LogP contribution in [0.4, 0.5) is 17.2 Å². The Balaban J connectivity index is 1.59. The number of aryl methyl sites for hydroxylation is 1. The van der Waals surface area contributed by atoms with Gasteiger partial charge < -0.3 is 26.3 Å². The number of nitrogen functional groups attached to an aromatic ring is 2. The van der Waals surface area contributed by atoms with E-state index in [-0.39, 0.29) is 23.0 Å². The Morgan fingerprint density at radius 3 is 2.59 bits per heavy atom. The zero-order chi connectivity index (χ0) is 23.8. The number of benzene rings is 2. The van der Waals surface area contributed by atoms with Gasteiger partial charge in [0.25, 0.3) is 5.91 Å². The first-order valence-electron chi connectivity index (χ1n) is 10.7. The van der Waals surface area contributed by atoms with E-state index < -0.39 is 0 Å². The lowest BCUT2D eigenvalue weighted by Gasteiger charge is -2.18. The molecule has 5 N–H and O–H groups in total. The second-order valence-corrected chi connectivity index (χ2v) is 8.75. The van der Waals surface area contributed by atoms with Gasteiger partial charge in [-0.3, -0.25) is 4.79 Å². The maximum atomic E-state index is 13.2. The van der Waals surface area contributed by atoms with Crippen LogP contribution in [-0.4, -0.2) is 24.1 Å². The SMILES string of the molecule is CCc1ccc(-c2c(C#N)c(N)nc3sc(C(=O)Nc4ccc5c(c4)OCCO5)c(N)c23)cc1. The van der Waals surface area contributed by atoms with E-state index in [1.807, 2.05) is 24.3 Å². The van der Waals surface area contributed by atoms with E-state index in [9.17, 15) is 10.1 Å². The molecule has 8 nitrogen and oxygen atoms in total. The molecular formula is C25H21N5O3S. The number of fused-ring (bicyclic) bond motifs is 2. The van der Waals surface area contributed by atoms with Gasteiger partial charge >= 0.3 is 0 Å². The van der Waals surface area contributed by atoms with Crippen molar-refractivity contribution in [2.24, 2.45) is 0 Å². The molecule has 34 heavy (non-hydrogen) atoms. The van der Waals surface area contributed by atoms with Crippen LogP contribution in [0, 0.1) is 11.3 Å². The summed E-state index contributed by atoms with van der Waals surface area (Å²) in [7, 11) is 0. The lowest BCUT2D eigenvalue weighted by atomic mass is 9.96. The summed E-state index contributed by atoms with van der Waals surface area (Å²) in [6.07, 6.45) is 0.893. The number of pyridine rings is 1. The molecule has 0 fully saturated rings. The normalized spacial score (nSPS) is 12.4. The van der Waals surface area contributed by atoms with Crippen LogP contribution in [0.1, 0.15) is 27.7 Å². The summed E-state index contributed by atoms with van der Waals surface area (Å²) in [6.45, 7) is 3.01. The maximum absolute atomic E-state index is 13.2. The molecule has 1 aliphatic rings. The Kier molecular flexibility index (Phi) is 5.43. The maximum Gasteiger partial charge on any atom is 0.267 e. The highest BCUT2D eigenvalue weighted by molar-refractivity contribution is 7.21. The molecule has 0 aliphatic carbocycles. The number of anilines is 3. The summed E-state index contributed by atoms with van der Waals surface area (Å²) >= 11 is 1.14. The van der Waals surface area contributed by atoms with Gasteiger partial charge in [0.05, 0.1) is 5.69 Å². The third-order valence-corrected chi connectivity index (χ3v) is 6.77. The van der Waals surface area contributed by atoms with Crippen molar-refractivity contribution >= 4 is 44.7 Å². The van der Waals surface area contributed by atoms with Crippen molar-refractivity contribution in [3.8, 4) is 28.7 Å². The Labute approximate surface area is 199 Å². The first-order chi connectivity index (χ1) is 16.5. The van der Waals surface area contributed by atoms with Crippen molar-refractivity contribution in [2.45, 2.75) is 13.3 Å². The minimum absolute atomic E-state index is 0.101. The molecule has 3 heterocycles. The molecule has 0 saturated carbocycles. The van der Waals surface area contributed by atoms with Crippen LogP contribution in [0.2, 0.25) is 0 Å². The number of nitrogens with two attached hydrogens (primary N) is 2. The van der Waals surface area contributed by atoms with Gasteiger partial charge in [-0.05, 0) is 29.7 Å². The quantitative estimate of drug-likeness (QED) is 0.396. The van der Waals surface area contributed by atoms with Crippen LogP contribution >= 0.6 is 11.3 Å². The number of nitriles is 1. The van der Waals surface area contributed by atoms with Crippen LogP contribution in [0.25, 0.3) is 21.3 Å². The standard InChI is InChI=1S/C25H21N5O3S/c1-2-13-3-5-14(6-4-13)19-16(12-26)23(28)30-25-20(19)21(27)22(34-25)24(31)29-15-7-8-17-18(11-15)33-10-9-32-17/h3-8,11H,2,9-10,27H2,1H3,(H2,28,30)(H,29,31). The summed E-state index contributed by atoms with van der Waals surface area (Å²) in [4.78, 5) is 18.3. The van der Waals surface area contributed by atoms with Crippen molar-refractivity contribution in [1.82, 2.24) is 4.98 Å². The van der Waals surface area contributed by atoms with Crippen LogP contribution < -0.4 is 26.3 Å². The Hall–Kier alpha value is -4.29. The van der Waals surface area contributed by atoms with Gasteiger partial charge in [0.2, 0.25) is 0 Å². The van der Waals surface area contributed by atoms with Gasteiger partial charge in [-0.25, -0.2) is 4.98 Å². The van der Waals surface area contributed by atoms with E-state index in [1.54, 1.807) is 18.2 Å². The fraction of sp³-hybridized carbons (Fsp3) is 0.160. The van der Waals surface area contributed by atoms with E-state index in [1.165, 1.54) is 5.56 Å². The monoisotopic (exact) mass is 471 g/mol. The Bertz CT molecular complexity index is 1470. The number of amides is 1. The van der Waals surface area contributed by atoms with Crippen LogP contribution in [0.5, 0.6) is 11.5 Å². The highest BCUT2D eigenvalue weighted by Crippen LogP contribution is 2.43. The molecule has 2 aromatic carbocycles. The molecule has 0 unspecified atom stereocenters. The number of nitrogens with zero attached hydrogens (tertiary/aromatic N) is 2. The summed E-state index contributed by atoms with van der Waals surface area (Å²) in [5.41, 5.74) is 16.2. The molecule has 2 aromatic heterocycles. The lowest BCUT2D eigenvalue weighted by molar-refractivity contribution is 0.103. The summed E-state index contributed by atoms with van der Waals surface area (Å²) in [5, 5.41) is 13.2. The first kappa shape index (κ1) is 21.6. The third kappa shape index (κ3) is 3.64. The molecule has 0 bridgehead atoms. The summed E-state index contributed by atoms with van der Waals surface area (Å²) in [6, 6.07) is 15.2. The van der Waals surface area contributed by atoms with Crippen molar-refractivity contribution in [2.75, 3.05) is 30.0 Å². The smallest absolute Gasteiger partial charge is 0.267 e. The number of thiophene rings is 1. The predicted molar refractivity (Wildman–Crippen MR) is 133 cm³/mol. The molecule has 1 amide bonds. The van der Waals surface area contributed by atoms with E-state index in [0.717, 1.165) is 23.3 Å². The van der Waals surface area contributed by atoms with Crippen LogP contribution in [-0.2, 0) is 6.42 Å². The van der Waals surface area contributed by atoms with Gasteiger partial charge in [-0.1, -0.05) is 31.2 Å². The molecule has 170 valence electrons. The number of ether oxygens (including phenoxy) is 2. The summed E-state index contributed by atoms with van der Waals surface area (Å²) < 4.78 is 11.1. The molecule has 0 spiro atoms. The second kappa shape index (κ2) is 8.57. The molecule has 0 atom stereocenters. The molecule has 5 rings (SSSR count). The lowest BCUT2D eigenvalue weighted by Crippen LogP contribution is -2.16. The average Bonchev–Trinajstić information content (AvgIpc) is 3.19. The van der Waals surface area contributed by atoms with Gasteiger partial charge in [0, 0.05) is 22.7 Å². The van der Waals surface area contributed by atoms with Crippen molar-refractivity contribution in [3.05, 3.63) is 58.5 Å². The highest BCUT2D eigenvalue weighted by atomic mass is 32.1. The van der Waals surface area contributed by atoms with E-state index in [4.69, 9.17) is 20.9 Å². The Morgan fingerprint density at radius 2 is 1.88 bits per heavy atom. The topological polar surface area (TPSA) is 136 Å². The number of rotatable bonds is 4. The molecule has 4 aromatic rings. The van der Waals surface area contributed by atoms with Gasteiger partial charge in [-0.15, -0.1) is 11.3 Å². The number of carbonyl (C=O) groups is 1. The zero-order valence-corrected chi connectivity index (χ0v) is 19.2. The number of hydrogen-bond donors (Lipinski definition) is 3. The number of aromatic nitrogens is 1. The largest absolute Gasteiger partial charge is 0.486 e. The zero-order valence-electron chi connectivity index (χ0n) is 18.3. The minimum atomic E-state index is -0.387. The van der Waals surface area contributed by atoms with Crippen LogP contribution in [0.3, 0.4) is 0 Å². The van der Waals surface area contributed by atoms with Crippen molar-refractivity contribution < 1.29 is 14.3 Å². The first-order valence-corrected chi connectivity index (χ1v) is 11.5. The number of hydrogen-bond acceptors (Lipinski definition) is 8. The molecule has 0 saturated heterocycles. The van der Waals surface area contributed by atoms with Crippen molar-refractivity contribution in [3.63, 3.8) is 0 Å². The number of nitrogens with one attached hydrogen (secondary N) is 1.